The van der Waals surface area contributed by atoms with Crippen molar-refractivity contribution in [2.45, 2.75) is 51.8 Å². The van der Waals surface area contributed by atoms with Crippen LogP contribution in [0.4, 0.5) is 0 Å². The zero-order chi connectivity index (χ0) is 27.5. The number of nitrogens with two attached hydrogens (primary N) is 1. The summed E-state index contributed by atoms with van der Waals surface area (Å²) in [6.45, 7) is 2.15. The fraction of sp³-hybridized carbons (Fsp3) is 0.147. The number of rotatable bonds is 9. The highest BCUT2D eigenvalue weighted by Crippen LogP contribution is 2.38. The molecule has 0 saturated heterocycles. The van der Waals surface area contributed by atoms with E-state index in [0.29, 0.717) is 5.56 Å². The first-order chi connectivity index (χ1) is 19.6. The highest BCUT2D eigenvalue weighted by molar-refractivity contribution is 8.00. The number of fused-ring (bicyclic) bond motifs is 2. The number of benzene rings is 4. The number of hydrogen-bond acceptors (Lipinski definition) is 4. The molecule has 6 heteroatoms. The molecule has 4 aromatic carbocycles. The molecular weight excluding hydrogens is 529 g/mol. The first kappa shape index (κ1) is 26.3. The fourth-order valence-electron chi connectivity index (χ4n) is 5.12. The molecule has 0 aliphatic rings. The highest BCUT2D eigenvalue weighted by Gasteiger charge is 2.14. The van der Waals surface area contributed by atoms with Gasteiger partial charge in [-0.25, -0.2) is 0 Å². The summed E-state index contributed by atoms with van der Waals surface area (Å²) in [6.07, 6.45) is 6.79. The number of nitrogens with zero attached hydrogens (tertiary/aromatic N) is 1. The van der Waals surface area contributed by atoms with E-state index < -0.39 is 0 Å². The van der Waals surface area contributed by atoms with Crippen molar-refractivity contribution in [1.82, 2.24) is 9.97 Å². The van der Waals surface area contributed by atoms with Gasteiger partial charge in [0, 0.05) is 59.8 Å². The number of hydrogen-bond donors (Lipinski definition) is 3. The SMILES string of the molecule is Cc1ccc(Sc2c[nH]c3ccccc23)c(CC(N)CCc2ccccc2Sc2c[nH]c3cc(C#N)ccc23)c1. The lowest BCUT2D eigenvalue weighted by Crippen LogP contribution is -2.24. The lowest BCUT2D eigenvalue weighted by atomic mass is 9.99. The van der Waals surface area contributed by atoms with Crippen molar-refractivity contribution >= 4 is 45.3 Å². The number of aromatic nitrogens is 2. The highest BCUT2D eigenvalue weighted by atomic mass is 32.2. The number of nitrogens with one attached hydrogen (secondary N) is 2. The Bertz CT molecular complexity index is 1840. The normalized spacial score (nSPS) is 12.1. The predicted molar refractivity (Wildman–Crippen MR) is 167 cm³/mol. The maximum Gasteiger partial charge on any atom is 0.0992 e. The molecule has 0 saturated carbocycles. The topological polar surface area (TPSA) is 81.4 Å². The molecule has 0 amide bonds. The average Bonchev–Trinajstić information content (AvgIpc) is 3.57. The Labute approximate surface area is 243 Å². The summed E-state index contributed by atoms with van der Waals surface area (Å²) < 4.78 is 0. The Morgan fingerprint density at radius 2 is 1.45 bits per heavy atom. The molecule has 198 valence electrons. The molecular formula is C34H30N4S2. The van der Waals surface area contributed by atoms with Crippen molar-refractivity contribution in [2.24, 2.45) is 5.73 Å². The number of nitriles is 1. The predicted octanol–water partition coefficient (Wildman–Crippen LogP) is 8.63. The van der Waals surface area contributed by atoms with E-state index in [9.17, 15) is 5.26 Å². The van der Waals surface area contributed by atoms with Gasteiger partial charge in [0.15, 0.2) is 0 Å². The molecule has 0 fully saturated rings. The van der Waals surface area contributed by atoms with Gasteiger partial charge in [-0.2, -0.15) is 5.26 Å². The van der Waals surface area contributed by atoms with Gasteiger partial charge in [0.25, 0.3) is 0 Å². The van der Waals surface area contributed by atoms with E-state index in [2.05, 4.69) is 95.9 Å². The zero-order valence-electron chi connectivity index (χ0n) is 22.3. The van der Waals surface area contributed by atoms with Gasteiger partial charge >= 0.3 is 0 Å². The maximum absolute atomic E-state index is 9.21. The standard InChI is InChI=1S/C34H30N4S2/c1-22-10-15-32(40-33-20-37-29-8-4-3-7-27(29)33)25(16-22)18-26(36)13-12-24-6-2-5-9-31(24)39-34-21-38-30-17-23(19-35)11-14-28(30)34/h2-11,14-17,20-21,26,37-38H,12-13,18,36H2,1H3. The van der Waals surface area contributed by atoms with Crippen LogP contribution in [0.15, 0.2) is 117 Å². The van der Waals surface area contributed by atoms with Crippen molar-refractivity contribution in [1.29, 1.82) is 5.26 Å². The minimum atomic E-state index is 0.0552. The van der Waals surface area contributed by atoms with Gasteiger partial charge < -0.3 is 15.7 Å². The summed E-state index contributed by atoms with van der Waals surface area (Å²) in [6, 6.07) is 31.8. The minimum absolute atomic E-state index is 0.0552. The van der Waals surface area contributed by atoms with Gasteiger partial charge in [0.05, 0.1) is 11.6 Å². The van der Waals surface area contributed by atoms with Crippen LogP contribution in [-0.2, 0) is 12.8 Å². The lowest BCUT2D eigenvalue weighted by molar-refractivity contribution is 0.603. The summed E-state index contributed by atoms with van der Waals surface area (Å²) in [4.78, 5) is 11.6. The number of aromatic amines is 2. The van der Waals surface area contributed by atoms with Gasteiger partial charge in [-0.05, 0) is 67.6 Å². The van der Waals surface area contributed by atoms with E-state index in [-0.39, 0.29) is 6.04 Å². The van der Waals surface area contributed by atoms with Crippen molar-refractivity contribution in [3.05, 3.63) is 120 Å². The summed E-state index contributed by atoms with van der Waals surface area (Å²) in [7, 11) is 0. The van der Waals surface area contributed by atoms with Crippen LogP contribution in [-0.4, -0.2) is 16.0 Å². The van der Waals surface area contributed by atoms with Gasteiger partial charge in [0.2, 0.25) is 0 Å². The molecule has 40 heavy (non-hydrogen) atoms. The van der Waals surface area contributed by atoms with Gasteiger partial charge in [0.1, 0.15) is 0 Å². The summed E-state index contributed by atoms with van der Waals surface area (Å²) in [5.41, 5.74) is 13.5. The summed E-state index contributed by atoms with van der Waals surface area (Å²) in [5.74, 6) is 0. The quantitative estimate of drug-likeness (QED) is 0.166. The fourth-order valence-corrected chi connectivity index (χ4v) is 7.27. The second-order valence-electron chi connectivity index (χ2n) is 10.1. The Morgan fingerprint density at radius 3 is 2.27 bits per heavy atom. The molecule has 2 heterocycles. The van der Waals surface area contributed by atoms with Gasteiger partial charge in [-0.15, -0.1) is 0 Å². The Morgan fingerprint density at radius 1 is 0.750 bits per heavy atom. The smallest absolute Gasteiger partial charge is 0.0992 e. The van der Waals surface area contributed by atoms with Gasteiger partial charge in [-0.3, -0.25) is 0 Å². The molecule has 0 aliphatic heterocycles. The molecule has 6 aromatic rings. The monoisotopic (exact) mass is 558 g/mol. The largest absolute Gasteiger partial charge is 0.360 e. The molecule has 2 aromatic heterocycles. The number of aryl methyl sites for hydroxylation is 2. The Balaban J connectivity index is 1.15. The Kier molecular flexibility index (Phi) is 7.70. The van der Waals surface area contributed by atoms with Crippen molar-refractivity contribution < 1.29 is 0 Å². The number of para-hydroxylation sites is 1. The molecule has 0 aliphatic carbocycles. The number of H-pyrrole nitrogens is 2. The zero-order valence-corrected chi connectivity index (χ0v) is 23.9. The first-order valence-electron chi connectivity index (χ1n) is 13.4. The third-order valence-corrected chi connectivity index (χ3v) is 9.57. The molecule has 1 atom stereocenters. The maximum atomic E-state index is 9.21. The molecule has 6 rings (SSSR count). The van der Waals surface area contributed by atoms with Crippen molar-refractivity contribution in [3.8, 4) is 6.07 Å². The van der Waals surface area contributed by atoms with Crippen molar-refractivity contribution in [2.75, 3.05) is 0 Å². The van der Waals surface area contributed by atoms with Crippen LogP contribution in [0, 0.1) is 18.3 Å². The third-order valence-electron chi connectivity index (χ3n) is 7.22. The molecule has 1 unspecified atom stereocenters. The van der Waals surface area contributed by atoms with Crippen molar-refractivity contribution in [3.63, 3.8) is 0 Å². The van der Waals surface area contributed by atoms with E-state index >= 15 is 0 Å². The average molecular weight is 559 g/mol. The van der Waals surface area contributed by atoms with Crippen LogP contribution < -0.4 is 5.73 Å². The molecule has 0 spiro atoms. The van der Waals surface area contributed by atoms with E-state index in [1.807, 2.05) is 36.2 Å². The summed E-state index contributed by atoms with van der Waals surface area (Å²) >= 11 is 3.58. The van der Waals surface area contributed by atoms with Crippen LogP contribution >= 0.6 is 23.5 Å². The van der Waals surface area contributed by atoms with E-state index in [1.54, 1.807) is 11.8 Å². The van der Waals surface area contributed by atoms with Crippen LogP contribution in [0.2, 0.25) is 0 Å². The van der Waals surface area contributed by atoms with Crippen LogP contribution in [0.25, 0.3) is 21.8 Å². The van der Waals surface area contributed by atoms with Crippen LogP contribution in [0.5, 0.6) is 0 Å². The molecule has 4 N–H and O–H groups in total. The third kappa shape index (κ3) is 5.68. The minimum Gasteiger partial charge on any atom is -0.360 e. The van der Waals surface area contributed by atoms with E-state index in [1.165, 1.54) is 36.8 Å². The second-order valence-corrected chi connectivity index (χ2v) is 12.3. The lowest BCUT2D eigenvalue weighted by Gasteiger charge is -2.16. The molecule has 4 nitrogen and oxygen atoms in total. The first-order valence-corrected chi connectivity index (χ1v) is 15.1. The molecule has 0 bridgehead atoms. The molecule has 0 radical (unpaired) electrons. The van der Waals surface area contributed by atoms with Crippen LogP contribution in [0.1, 0.15) is 28.7 Å². The van der Waals surface area contributed by atoms with E-state index in [0.717, 1.165) is 40.6 Å². The summed E-state index contributed by atoms with van der Waals surface area (Å²) in [5, 5.41) is 11.6. The van der Waals surface area contributed by atoms with Gasteiger partial charge in [-0.1, -0.05) is 83.7 Å². The van der Waals surface area contributed by atoms with E-state index in [4.69, 9.17) is 5.73 Å². The Hall–Kier alpha value is -3.89. The van der Waals surface area contributed by atoms with Crippen LogP contribution in [0.3, 0.4) is 0 Å². The second kappa shape index (κ2) is 11.7.